The van der Waals surface area contributed by atoms with E-state index in [0.717, 1.165) is 12.8 Å². The highest BCUT2D eigenvalue weighted by Crippen LogP contribution is 2.37. The summed E-state index contributed by atoms with van der Waals surface area (Å²) >= 11 is 0. The molecule has 1 heteroatoms. The van der Waals surface area contributed by atoms with Crippen LogP contribution >= 0.6 is 0 Å². The Hall–Kier alpha value is -2.41. The molecule has 3 rings (SSSR count). The van der Waals surface area contributed by atoms with Gasteiger partial charge in [-0.1, -0.05) is 88.7 Å². The van der Waals surface area contributed by atoms with Crippen LogP contribution in [0.3, 0.4) is 0 Å². The second-order valence-electron chi connectivity index (χ2n) is 8.25. The van der Waals surface area contributed by atoms with Crippen LogP contribution in [0.15, 0.2) is 72.9 Å². The smallest absolute Gasteiger partial charge is 0.0409 e. The number of hydrogen-bond acceptors (Lipinski definition) is 1. The SMILES string of the molecule is CCC(C)C(Cc1ccccn1)c1cccc(Cc2ccccc2)c1C(C)C. The fourth-order valence-electron chi connectivity index (χ4n) is 4.28. The fourth-order valence-corrected chi connectivity index (χ4v) is 4.28. The first kappa shape index (κ1) is 20.3. The number of pyridine rings is 1. The van der Waals surface area contributed by atoms with Gasteiger partial charge in [0.25, 0.3) is 0 Å². The summed E-state index contributed by atoms with van der Waals surface area (Å²) in [6.45, 7) is 9.37. The quantitative estimate of drug-likeness (QED) is 0.409. The molecule has 146 valence electrons. The Labute approximate surface area is 170 Å². The molecular weight excluding hydrogens is 338 g/mol. The Morgan fingerprint density at radius 2 is 1.57 bits per heavy atom. The first-order chi connectivity index (χ1) is 13.6. The van der Waals surface area contributed by atoms with Crippen LogP contribution in [-0.4, -0.2) is 4.98 Å². The normalized spacial score (nSPS) is 13.5. The highest BCUT2D eigenvalue weighted by Gasteiger charge is 2.24. The lowest BCUT2D eigenvalue weighted by Gasteiger charge is -2.29. The number of benzene rings is 2. The zero-order valence-corrected chi connectivity index (χ0v) is 17.7. The molecule has 0 saturated carbocycles. The van der Waals surface area contributed by atoms with E-state index in [1.54, 1.807) is 0 Å². The van der Waals surface area contributed by atoms with Crippen molar-refractivity contribution in [3.63, 3.8) is 0 Å². The van der Waals surface area contributed by atoms with E-state index in [1.165, 1.54) is 34.4 Å². The van der Waals surface area contributed by atoms with Gasteiger partial charge < -0.3 is 0 Å². The Morgan fingerprint density at radius 1 is 0.821 bits per heavy atom. The van der Waals surface area contributed by atoms with Gasteiger partial charge in [0.15, 0.2) is 0 Å². The first-order valence-electron chi connectivity index (χ1n) is 10.7. The van der Waals surface area contributed by atoms with Crippen LogP contribution in [-0.2, 0) is 12.8 Å². The maximum atomic E-state index is 4.63. The second-order valence-corrected chi connectivity index (χ2v) is 8.25. The molecule has 28 heavy (non-hydrogen) atoms. The lowest BCUT2D eigenvalue weighted by atomic mass is 9.76. The van der Waals surface area contributed by atoms with E-state index in [-0.39, 0.29) is 0 Å². The molecule has 0 fully saturated rings. The monoisotopic (exact) mass is 371 g/mol. The van der Waals surface area contributed by atoms with Crippen molar-refractivity contribution in [3.8, 4) is 0 Å². The zero-order valence-electron chi connectivity index (χ0n) is 17.7. The fraction of sp³-hybridized carbons (Fsp3) is 0.370. The average molecular weight is 372 g/mol. The summed E-state index contributed by atoms with van der Waals surface area (Å²) in [4.78, 5) is 4.63. The van der Waals surface area contributed by atoms with Crippen molar-refractivity contribution in [1.29, 1.82) is 0 Å². The lowest BCUT2D eigenvalue weighted by molar-refractivity contribution is 0.436. The molecule has 1 aromatic heterocycles. The number of rotatable bonds is 8. The molecular formula is C27H33N. The van der Waals surface area contributed by atoms with E-state index in [2.05, 4.69) is 93.3 Å². The van der Waals surface area contributed by atoms with Crippen LogP contribution in [0.25, 0.3) is 0 Å². The molecule has 0 spiro atoms. The van der Waals surface area contributed by atoms with E-state index >= 15 is 0 Å². The Balaban J connectivity index is 2.02. The summed E-state index contributed by atoms with van der Waals surface area (Å²) in [6.07, 6.45) is 5.10. The van der Waals surface area contributed by atoms with E-state index in [1.807, 2.05) is 12.3 Å². The van der Waals surface area contributed by atoms with E-state index in [0.29, 0.717) is 17.8 Å². The van der Waals surface area contributed by atoms with Crippen molar-refractivity contribution in [2.75, 3.05) is 0 Å². The first-order valence-corrected chi connectivity index (χ1v) is 10.7. The van der Waals surface area contributed by atoms with Gasteiger partial charge in [-0.3, -0.25) is 4.98 Å². The third-order valence-electron chi connectivity index (χ3n) is 5.93. The topological polar surface area (TPSA) is 12.9 Å². The van der Waals surface area contributed by atoms with Crippen molar-refractivity contribution in [1.82, 2.24) is 4.98 Å². The molecule has 1 nitrogen and oxygen atoms in total. The summed E-state index contributed by atoms with van der Waals surface area (Å²) in [5.74, 6) is 1.62. The van der Waals surface area contributed by atoms with Crippen molar-refractivity contribution < 1.29 is 0 Å². The van der Waals surface area contributed by atoms with Crippen molar-refractivity contribution in [3.05, 3.63) is 101 Å². The maximum absolute atomic E-state index is 4.63. The van der Waals surface area contributed by atoms with Crippen LogP contribution in [0.1, 0.15) is 73.9 Å². The molecule has 0 aliphatic rings. The van der Waals surface area contributed by atoms with Crippen LogP contribution in [0.2, 0.25) is 0 Å². The molecule has 1 heterocycles. The molecule has 0 aliphatic carbocycles. The molecule has 2 atom stereocenters. The van der Waals surface area contributed by atoms with Crippen LogP contribution in [0.4, 0.5) is 0 Å². The summed E-state index contributed by atoms with van der Waals surface area (Å²) < 4.78 is 0. The lowest BCUT2D eigenvalue weighted by Crippen LogP contribution is -2.17. The van der Waals surface area contributed by atoms with Crippen molar-refractivity contribution in [2.24, 2.45) is 5.92 Å². The van der Waals surface area contributed by atoms with Crippen LogP contribution < -0.4 is 0 Å². The van der Waals surface area contributed by atoms with Gasteiger partial charge >= 0.3 is 0 Å². The molecule has 2 aromatic carbocycles. The zero-order chi connectivity index (χ0) is 19.9. The van der Waals surface area contributed by atoms with E-state index in [4.69, 9.17) is 0 Å². The third kappa shape index (κ3) is 4.90. The van der Waals surface area contributed by atoms with Crippen molar-refractivity contribution >= 4 is 0 Å². The standard InChI is InChI=1S/C27H33N/c1-5-21(4)26(19-24-15-9-10-17-28-24)25-16-11-14-23(27(25)20(2)3)18-22-12-7-6-8-13-22/h6-17,20-21,26H,5,18-19H2,1-4H3. The molecule has 0 amide bonds. The second kappa shape index (κ2) is 9.68. The number of aromatic nitrogens is 1. The van der Waals surface area contributed by atoms with Crippen LogP contribution in [0.5, 0.6) is 0 Å². The van der Waals surface area contributed by atoms with Gasteiger partial charge in [0.1, 0.15) is 0 Å². The van der Waals surface area contributed by atoms with Gasteiger partial charge in [-0.05, 0) is 65.0 Å². The Kier molecular flexibility index (Phi) is 7.03. The minimum absolute atomic E-state index is 0.494. The van der Waals surface area contributed by atoms with Gasteiger partial charge in [-0.15, -0.1) is 0 Å². The Morgan fingerprint density at radius 3 is 2.21 bits per heavy atom. The highest BCUT2D eigenvalue weighted by molar-refractivity contribution is 5.43. The predicted molar refractivity (Wildman–Crippen MR) is 120 cm³/mol. The average Bonchev–Trinajstić information content (AvgIpc) is 2.72. The summed E-state index contributed by atoms with van der Waals surface area (Å²) in [5.41, 5.74) is 7.09. The molecule has 0 aliphatic heterocycles. The van der Waals surface area contributed by atoms with Crippen LogP contribution in [0, 0.1) is 5.92 Å². The maximum Gasteiger partial charge on any atom is 0.0409 e. The minimum atomic E-state index is 0.494. The van der Waals surface area contributed by atoms with Gasteiger partial charge in [0, 0.05) is 11.9 Å². The minimum Gasteiger partial charge on any atom is -0.261 e. The highest BCUT2D eigenvalue weighted by atomic mass is 14.7. The molecule has 0 saturated heterocycles. The molecule has 0 radical (unpaired) electrons. The molecule has 0 bridgehead atoms. The van der Waals surface area contributed by atoms with E-state index in [9.17, 15) is 0 Å². The summed E-state index contributed by atoms with van der Waals surface area (Å²) in [5, 5.41) is 0. The molecule has 3 aromatic rings. The van der Waals surface area contributed by atoms with E-state index < -0.39 is 0 Å². The third-order valence-corrected chi connectivity index (χ3v) is 5.93. The number of hydrogen-bond donors (Lipinski definition) is 0. The van der Waals surface area contributed by atoms with Gasteiger partial charge in [-0.2, -0.15) is 0 Å². The van der Waals surface area contributed by atoms with Gasteiger partial charge in [-0.25, -0.2) is 0 Å². The number of nitrogens with zero attached hydrogens (tertiary/aromatic N) is 1. The van der Waals surface area contributed by atoms with Gasteiger partial charge in [0.2, 0.25) is 0 Å². The molecule has 0 N–H and O–H groups in total. The van der Waals surface area contributed by atoms with Crippen molar-refractivity contribution in [2.45, 2.75) is 58.8 Å². The Bertz CT molecular complexity index is 852. The summed E-state index contributed by atoms with van der Waals surface area (Å²) in [6, 6.07) is 24.0. The largest absolute Gasteiger partial charge is 0.261 e. The molecule has 2 unspecified atom stereocenters. The predicted octanol–water partition coefficient (Wildman–Crippen LogP) is 7.17. The summed E-state index contributed by atoms with van der Waals surface area (Å²) in [7, 11) is 0. The van der Waals surface area contributed by atoms with Gasteiger partial charge in [0.05, 0.1) is 0 Å².